The van der Waals surface area contributed by atoms with Crippen LogP contribution in [-0.2, 0) is 11.3 Å². The Morgan fingerprint density at radius 2 is 2.18 bits per heavy atom. The van der Waals surface area contributed by atoms with Crippen LogP contribution in [0.2, 0.25) is 0 Å². The highest BCUT2D eigenvalue weighted by atomic mass is 19.1. The Kier molecular flexibility index (Phi) is 4.66. The van der Waals surface area contributed by atoms with Crippen molar-refractivity contribution in [3.8, 4) is 0 Å². The van der Waals surface area contributed by atoms with Gasteiger partial charge in [0.15, 0.2) is 0 Å². The van der Waals surface area contributed by atoms with Crippen LogP contribution in [0, 0.1) is 5.82 Å². The van der Waals surface area contributed by atoms with Gasteiger partial charge in [-0.3, -0.25) is 4.79 Å². The average Bonchev–Trinajstić information content (AvgIpc) is 2.73. The van der Waals surface area contributed by atoms with Crippen LogP contribution in [0.4, 0.5) is 4.39 Å². The quantitative estimate of drug-likeness (QED) is 0.698. The zero-order chi connectivity index (χ0) is 13.0. The summed E-state index contributed by atoms with van der Waals surface area (Å²) in [5.74, 6) is -0.918. The molecule has 2 N–H and O–H groups in total. The molecule has 1 aromatic carbocycles. The lowest BCUT2D eigenvalue weighted by atomic mass is 9.78. The van der Waals surface area contributed by atoms with Gasteiger partial charge in [0.1, 0.15) is 5.82 Å². The van der Waals surface area contributed by atoms with E-state index in [0.29, 0.717) is 11.0 Å². The summed E-state index contributed by atoms with van der Waals surface area (Å²) in [6.45, 7) is 4.04. The molecule has 0 spiro atoms. The third kappa shape index (κ3) is 2.65. The van der Waals surface area contributed by atoms with Crippen LogP contribution in [-0.4, -0.2) is 25.1 Å². The van der Waals surface area contributed by atoms with Crippen LogP contribution in [0.15, 0.2) is 12.1 Å². The Bertz CT molecular complexity index is 425. The predicted octanol–water partition coefficient (Wildman–Crippen LogP) is 0.429. The third-order valence-electron chi connectivity index (χ3n) is 2.37. The Hall–Kier alpha value is -1.40. The van der Waals surface area contributed by atoms with Gasteiger partial charge in [-0.1, -0.05) is 13.8 Å². The van der Waals surface area contributed by atoms with Crippen LogP contribution in [0.25, 0.3) is 0 Å². The van der Waals surface area contributed by atoms with E-state index in [4.69, 9.17) is 4.65 Å². The topological polar surface area (TPSA) is 58.6 Å². The number of carbonyl (C=O) groups excluding carboxylic acids is 1. The Morgan fingerprint density at radius 1 is 1.53 bits per heavy atom. The lowest BCUT2D eigenvalue weighted by Crippen LogP contribution is -2.30. The highest BCUT2D eigenvalue weighted by Crippen LogP contribution is 2.15. The summed E-state index contributed by atoms with van der Waals surface area (Å²) in [4.78, 5) is 11.3. The molecule has 2 rings (SSSR count). The second kappa shape index (κ2) is 5.79. The first-order valence-electron chi connectivity index (χ1n) is 5.47. The van der Waals surface area contributed by atoms with Crippen molar-refractivity contribution in [2.24, 2.45) is 0 Å². The fourth-order valence-corrected chi connectivity index (χ4v) is 1.56. The summed E-state index contributed by atoms with van der Waals surface area (Å²) in [6, 6.07) is 2.58. The molecule has 1 amide bonds. The molecule has 1 aromatic rings. The molecule has 0 unspecified atom stereocenters. The van der Waals surface area contributed by atoms with E-state index in [1.54, 1.807) is 0 Å². The maximum atomic E-state index is 13.5. The molecule has 0 bridgehead atoms. The molecule has 0 aromatic heterocycles. The SMILES string of the molecule is CC.CNC(=O)c1cc(F)c2c(c1)B(O)OC2. The molecular weight excluding hydrogens is 224 g/mol. The van der Waals surface area contributed by atoms with Crippen molar-refractivity contribution in [3.63, 3.8) is 0 Å². The number of benzene rings is 1. The number of fused-ring (bicyclic) bond motifs is 1. The van der Waals surface area contributed by atoms with E-state index in [-0.39, 0.29) is 12.2 Å². The van der Waals surface area contributed by atoms with Gasteiger partial charge in [0.05, 0.1) is 6.61 Å². The molecule has 0 saturated carbocycles. The number of hydrogen-bond acceptors (Lipinski definition) is 3. The predicted molar refractivity (Wildman–Crippen MR) is 63.5 cm³/mol. The van der Waals surface area contributed by atoms with Gasteiger partial charge < -0.3 is 15.0 Å². The van der Waals surface area contributed by atoms with Crippen LogP contribution in [0.3, 0.4) is 0 Å². The lowest BCUT2D eigenvalue weighted by Gasteiger charge is -2.04. The minimum atomic E-state index is -1.14. The molecule has 0 aliphatic carbocycles. The number of amides is 1. The molecule has 1 heterocycles. The van der Waals surface area contributed by atoms with Gasteiger partial charge in [-0.25, -0.2) is 4.39 Å². The number of nitrogens with one attached hydrogen (secondary N) is 1. The van der Waals surface area contributed by atoms with Crippen molar-refractivity contribution in [1.82, 2.24) is 5.32 Å². The standard InChI is InChI=1S/C9H9BFNO3.C2H6/c1-12-9(13)5-2-7-6(8(11)3-5)4-15-10(7)14;1-2/h2-3,14H,4H2,1H3,(H,12,13);1-2H3. The van der Waals surface area contributed by atoms with Crippen molar-refractivity contribution in [2.75, 3.05) is 7.05 Å². The molecular formula is C11H15BFNO3. The zero-order valence-electron chi connectivity index (χ0n) is 10.1. The molecule has 0 radical (unpaired) electrons. The van der Waals surface area contributed by atoms with Crippen molar-refractivity contribution < 1.29 is 18.9 Å². The van der Waals surface area contributed by atoms with Gasteiger partial charge in [-0.2, -0.15) is 0 Å². The van der Waals surface area contributed by atoms with Crippen LogP contribution in [0.5, 0.6) is 0 Å². The maximum absolute atomic E-state index is 13.5. The summed E-state index contributed by atoms with van der Waals surface area (Å²) < 4.78 is 18.3. The summed E-state index contributed by atoms with van der Waals surface area (Å²) in [5, 5.41) is 11.8. The smallest absolute Gasteiger partial charge is 0.423 e. The van der Waals surface area contributed by atoms with Gasteiger partial charge in [0.25, 0.3) is 5.91 Å². The molecule has 0 saturated heterocycles. The van der Waals surface area contributed by atoms with Gasteiger partial charge in [0.2, 0.25) is 0 Å². The summed E-state index contributed by atoms with van der Waals surface area (Å²) >= 11 is 0. The van der Waals surface area contributed by atoms with E-state index < -0.39 is 18.8 Å². The molecule has 0 fully saturated rings. The van der Waals surface area contributed by atoms with Crippen molar-refractivity contribution in [3.05, 3.63) is 29.1 Å². The summed E-state index contributed by atoms with van der Waals surface area (Å²) in [6.07, 6.45) is 0. The van der Waals surface area contributed by atoms with Crippen molar-refractivity contribution >= 4 is 18.5 Å². The third-order valence-corrected chi connectivity index (χ3v) is 2.37. The fraction of sp³-hybridized carbons (Fsp3) is 0.364. The Balaban J connectivity index is 0.000000686. The highest BCUT2D eigenvalue weighted by molar-refractivity contribution is 6.61. The first-order chi connectivity index (χ1) is 8.13. The van der Waals surface area contributed by atoms with E-state index in [9.17, 15) is 14.2 Å². The van der Waals surface area contributed by atoms with Gasteiger partial charge in [-0.05, 0) is 17.6 Å². The molecule has 1 aliphatic rings. The normalized spacial score (nSPS) is 12.6. The largest absolute Gasteiger partial charge is 0.491 e. The van der Waals surface area contributed by atoms with Gasteiger partial charge in [-0.15, -0.1) is 0 Å². The second-order valence-corrected chi connectivity index (χ2v) is 3.27. The first kappa shape index (κ1) is 13.7. The lowest BCUT2D eigenvalue weighted by molar-refractivity contribution is 0.0962. The van der Waals surface area contributed by atoms with Crippen LogP contribution in [0.1, 0.15) is 29.8 Å². The summed E-state index contributed by atoms with van der Waals surface area (Å²) in [5.41, 5.74) is 0.821. The Morgan fingerprint density at radius 3 is 2.76 bits per heavy atom. The van der Waals surface area contributed by atoms with E-state index >= 15 is 0 Å². The molecule has 0 atom stereocenters. The highest BCUT2D eigenvalue weighted by Gasteiger charge is 2.30. The second-order valence-electron chi connectivity index (χ2n) is 3.27. The monoisotopic (exact) mass is 239 g/mol. The van der Waals surface area contributed by atoms with E-state index in [1.807, 2.05) is 13.8 Å². The Labute approximate surface area is 99.9 Å². The number of hydrogen-bond donors (Lipinski definition) is 2. The van der Waals surface area contributed by atoms with E-state index in [1.165, 1.54) is 13.1 Å². The molecule has 17 heavy (non-hydrogen) atoms. The van der Waals surface area contributed by atoms with E-state index in [2.05, 4.69) is 5.32 Å². The number of rotatable bonds is 1. The summed E-state index contributed by atoms with van der Waals surface area (Å²) in [7, 11) is 0.319. The minimum Gasteiger partial charge on any atom is -0.423 e. The van der Waals surface area contributed by atoms with Crippen molar-refractivity contribution in [2.45, 2.75) is 20.5 Å². The van der Waals surface area contributed by atoms with Crippen molar-refractivity contribution in [1.29, 1.82) is 0 Å². The molecule has 4 nitrogen and oxygen atoms in total. The first-order valence-corrected chi connectivity index (χ1v) is 5.47. The van der Waals surface area contributed by atoms with Gasteiger partial charge in [0, 0.05) is 18.2 Å². The van der Waals surface area contributed by atoms with E-state index in [0.717, 1.165) is 6.07 Å². The van der Waals surface area contributed by atoms with Crippen LogP contribution < -0.4 is 10.8 Å². The molecule has 92 valence electrons. The van der Waals surface area contributed by atoms with Crippen LogP contribution >= 0.6 is 0 Å². The molecule has 1 aliphatic heterocycles. The maximum Gasteiger partial charge on any atom is 0.491 e. The number of carbonyl (C=O) groups is 1. The fourth-order valence-electron chi connectivity index (χ4n) is 1.56. The zero-order valence-corrected chi connectivity index (χ0v) is 10.1. The number of halogens is 1. The van der Waals surface area contributed by atoms with Gasteiger partial charge >= 0.3 is 7.12 Å². The minimum absolute atomic E-state index is 0.0381. The average molecular weight is 239 g/mol. The molecule has 6 heteroatoms.